The van der Waals surface area contributed by atoms with Crippen LogP contribution in [-0.4, -0.2) is 47.2 Å². The zero-order valence-corrected chi connectivity index (χ0v) is 15.9. The Bertz CT molecular complexity index is 1180. The number of halogens is 1. The minimum atomic E-state index is -0.611. The molecular formula is C19H18FN7O2. The highest BCUT2D eigenvalue weighted by Gasteiger charge is 2.19. The van der Waals surface area contributed by atoms with Crippen molar-refractivity contribution in [3.63, 3.8) is 0 Å². The molecule has 10 heteroatoms. The van der Waals surface area contributed by atoms with Crippen LogP contribution in [0.1, 0.15) is 35.2 Å². The highest BCUT2D eigenvalue weighted by molar-refractivity contribution is 5.85. The smallest absolute Gasteiger partial charge is 0.377 e. The largest absolute Gasteiger partial charge is 0.463 e. The Morgan fingerprint density at radius 3 is 2.86 bits per heavy atom. The van der Waals surface area contributed by atoms with Crippen LogP contribution in [0.5, 0.6) is 0 Å². The molecule has 4 aromatic rings. The predicted molar refractivity (Wildman–Crippen MR) is 101 cm³/mol. The first-order valence-electron chi connectivity index (χ1n) is 9.05. The van der Waals surface area contributed by atoms with Gasteiger partial charge in [-0.3, -0.25) is 0 Å². The average Bonchev–Trinajstić information content (AvgIpc) is 3.37. The van der Waals surface area contributed by atoms with E-state index in [2.05, 4.69) is 25.0 Å². The van der Waals surface area contributed by atoms with Crippen LogP contribution in [0.25, 0.3) is 17.2 Å². The van der Waals surface area contributed by atoms with Gasteiger partial charge in [0.2, 0.25) is 0 Å². The second-order valence-electron chi connectivity index (χ2n) is 6.33. The van der Waals surface area contributed by atoms with E-state index >= 15 is 0 Å². The zero-order chi connectivity index (χ0) is 20.4. The lowest BCUT2D eigenvalue weighted by Gasteiger charge is -2.11. The number of pyridine rings is 1. The van der Waals surface area contributed by atoms with Crippen molar-refractivity contribution in [3.05, 3.63) is 59.9 Å². The first kappa shape index (κ1) is 18.7. The third-order valence-electron chi connectivity index (χ3n) is 4.45. The number of aromatic nitrogens is 7. The van der Waals surface area contributed by atoms with Crippen LogP contribution in [0.2, 0.25) is 0 Å². The van der Waals surface area contributed by atoms with Crippen molar-refractivity contribution in [2.24, 2.45) is 0 Å². The number of nitrogens with zero attached hydrogens (tertiary/aromatic N) is 7. The zero-order valence-electron chi connectivity index (χ0n) is 15.9. The number of methoxy groups -OCH3 is 1. The van der Waals surface area contributed by atoms with Gasteiger partial charge in [-0.2, -0.15) is 0 Å². The first-order chi connectivity index (χ1) is 14.1. The molecule has 4 aromatic heterocycles. The number of hydrogen-bond acceptors (Lipinski definition) is 7. The average molecular weight is 395 g/mol. The molecule has 0 saturated carbocycles. The fraction of sp³-hybridized carbons (Fsp3) is 0.263. The minimum Gasteiger partial charge on any atom is -0.463 e. The molecule has 0 aromatic carbocycles. The number of rotatable bonds is 6. The Kier molecular flexibility index (Phi) is 4.98. The second kappa shape index (κ2) is 7.74. The van der Waals surface area contributed by atoms with E-state index in [0.717, 1.165) is 17.7 Å². The molecule has 0 aliphatic rings. The monoisotopic (exact) mass is 395 g/mol. The fourth-order valence-corrected chi connectivity index (χ4v) is 3.13. The third-order valence-corrected chi connectivity index (χ3v) is 4.45. The van der Waals surface area contributed by atoms with E-state index in [1.54, 1.807) is 17.0 Å². The summed E-state index contributed by atoms with van der Waals surface area (Å²) in [5, 5.41) is 4.13. The van der Waals surface area contributed by atoms with Gasteiger partial charge in [-0.1, -0.05) is 13.3 Å². The highest BCUT2D eigenvalue weighted by Crippen LogP contribution is 2.21. The van der Waals surface area contributed by atoms with E-state index in [4.69, 9.17) is 4.74 Å². The maximum Gasteiger partial charge on any atom is 0.377 e. The van der Waals surface area contributed by atoms with Gasteiger partial charge in [-0.15, -0.1) is 5.10 Å². The Hall–Kier alpha value is -3.69. The molecule has 148 valence electrons. The summed E-state index contributed by atoms with van der Waals surface area (Å²) in [4.78, 5) is 29.0. The molecule has 0 aliphatic carbocycles. The number of imidazole rings is 1. The molecule has 4 rings (SSSR count). The van der Waals surface area contributed by atoms with E-state index in [1.807, 2.05) is 6.92 Å². The maximum atomic E-state index is 14.2. The Balaban J connectivity index is 1.77. The first-order valence-corrected chi connectivity index (χ1v) is 9.05. The summed E-state index contributed by atoms with van der Waals surface area (Å²) in [5.74, 6) is -0.677. The molecule has 9 nitrogen and oxygen atoms in total. The van der Waals surface area contributed by atoms with Crippen molar-refractivity contribution in [2.45, 2.75) is 26.3 Å². The standard InChI is InChI=1S/C19H18FN7O2/c1-3-5-12-14(23-11-27-17(12)24-16(25-27)19(28)29-2)10-26-9-8-22-18(26)15-13(20)6-4-7-21-15/h4,6-9,11H,3,5,10H2,1-2H3. The summed E-state index contributed by atoms with van der Waals surface area (Å²) in [7, 11) is 1.28. The number of fused-ring (bicyclic) bond motifs is 1. The van der Waals surface area contributed by atoms with Gasteiger partial charge in [-0.05, 0) is 18.6 Å². The van der Waals surface area contributed by atoms with Crippen molar-refractivity contribution in [1.82, 2.24) is 34.1 Å². The molecule has 0 bridgehead atoms. The number of carbonyl (C=O) groups is 1. The summed E-state index contributed by atoms with van der Waals surface area (Å²) < 4.78 is 22.1. The number of aryl methyl sites for hydroxylation is 1. The summed E-state index contributed by atoms with van der Waals surface area (Å²) in [6.45, 7) is 2.38. The molecular weight excluding hydrogens is 377 g/mol. The van der Waals surface area contributed by atoms with Crippen molar-refractivity contribution in [2.75, 3.05) is 7.11 Å². The third kappa shape index (κ3) is 3.44. The minimum absolute atomic E-state index is 0.0253. The lowest BCUT2D eigenvalue weighted by Crippen LogP contribution is -2.10. The van der Waals surface area contributed by atoms with Gasteiger partial charge in [0.1, 0.15) is 12.0 Å². The topological polar surface area (TPSA) is 100 Å². The summed E-state index contributed by atoms with van der Waals surface area (Å²) in [6.07, 6.45) is 7.90. The van der Waals surface area contributed by atoms with E-state index in [-0.39, 0.29) is 11.5 Å². The van der Waals surface area contributed by atoms with Crippen LogP contribution in [0, 0.1) is 5.82 Å². The van der Waals surface area contributed by atoms with Crippen molar-refractivity contribution in [1.29, 1.82) is 0 Å². The molecule has 0 amide bonds. The van der Waals surface area contributed by atoms with Gasteiger partial charge >= 0.3 is 5.97 Å². The Morgan fingerprint density at radius 1 is 1.24 bits per heavy atom. The Morgan fingerprint density at radius 2 is 2.10 bits per heavy atom. The molecule has 0 radical (unpaired) electrons. The van der Waals surface area contributed by atoms with Crippen LogP contribution < -0.4 is 0 Å². The molecule has 0 fully saturated rings. The Labute approximate surface area is 165 Å². The summed E-state index contributed by atoms with van der Waals surface area (Å²) in [5.41, 5.74) is 2.31. The number of hydrogen-bond donors (Lipinski definition) is 0. The number of esters is 1. The summed E-state index contributed by atoms with van der Waals surface area (Å²) >= 11 is 0. The molecule has 0 spiro atoms. The highest BCUT2D eigenvalue weighted by atomic mass is 19.1. The van der Waals surface area contributed by atoms with Crippen molar-refractivity contribution < 1.29 is 13.9 Å². The normalized spacial score (nSPS) is 11.1. The predicted octanol–water partition coefficient (Wildman–Crippen LogP) is 2.31. The molecule has 0 N–H and O–H groups in total. The van der Waals surface area contributed by atoms with Crippen LogP contribution >= 0.6 is 0 Å². The van der Waals surface area contributed by atoms with Gasteiger partial charge < -0.3 is 9.30 Å². The van der Waals surface area contributed by atoms with Gasteiger partial charge in [-0.25, -0.2) is 33.6 Å². The quantitative estimate of drug-likeness (QED) is 0.462. The van der Waals surface area contributed by atoms with Gasteiger partial charge in [0, 0.05) is 24.2 Å². The lowest BCUT2D eigenvalue weighted by atomic mass is 10.1. The van der Waals surface area contributed by atoms with Crippen LogP contribution in [0.3, 0.4) is 0 Å². The number of carbonyl (C=O) groups excluding carboxylic acids is 1. The van der Waals surface area contributed by atoms with Crippen LogP contribution in [0.4, 0.5) is 4.39 Å². The lowest BCUT2D eigenvalue weighted by molar-refractivity contribution is 0.0587. The fourth-order valence-electron chi connectivity index (χ4n) is 3.13. The van der Waals surface area contributed by atoms with Gasteiger partial charge in [0.25, 0.3) is 5.82 Å². The van der Waals surface area contributed by atoms with E-state index < -0.39 is 11.8 Å². The maximum absolute atomic E-state index is 14.2. The van der Waals surface area contributed by atoms with Gasteiger partial charge in [0.15, 0.2) is 17.3 Å². The van der Waals surface area contributed by atoms with Gasteiger partial charge in [0.05, 0.1) is 19.3 Å². The molecule has 4 heterocycles. The van der Waals surface area contributed by atoms with E-state index in [0.29, 0.717) is 24.4 Å². The SMILES string of the molecule is CCCc1c(Cn2ccnc2-c2ncccc2F)ncn2nc(C(=O)OC)nc12. The summed E-state index contributed by atoms with van der Waals surface area (Å²) in [6, 6.07) is 2.88. The molecule has 0 aliphatic heterocycles. The second-order valence-corrected chi connectivity index (χ2v) is 6.33. The van der Waals surface area contributed by atoms with Crippen LogP contribution in [-0.2, 0) is 17.7 Å². The molecule has 29 heavy (non-hydrogen) atoms. The molecule has 0 saturated heterocycles. The van der Waals surface area contributed by atoms with Crippen molar-refractivity contribution in [3.8, 4) is 11.5 Å². The molecule has 0 atom stereocenters. The number of ether oxygens (including phenoxy) is 1. The van der Waals surface area contributed by atoms with E-state index in [1.165, 1.54) is 36.3 Å². The van der Waals surface area contributed by atoms with Crippen molar-refractivity contribution >= 4 is 11.6 Å². The van der Waals surface area contributed by atoms with E-state index in [9.17, 15) is 9.18 Å². The molecule has 0 unspecified atom stereocenters. The van der Waals surface area contributed by atoms with Crippen LogP contribution in [0.15, 0.2) is 37.1 Å².